The van der Waals surface area contributed by atoms with Crippen LogP contribution in [0.1, 0.15) is 35.7 Å². The van der Waals surface area contributed by atoms with Gasteiger partial charge in [-0.2, -0.15) is 5.26 Å². The molecule has 1 saturated carbocycles. The van der Waals surface area contributed by atoms with E-state index in [0.29, 0.717) is 17.7 Å². The molecule has 1 spiro atoms. The zero-order valence-corrected chi connectivity index (χ0v) is 15.6. The van der Waals surface area contributed by atoms with Crippen LogP contribution in [-0.4, -0.2) is 50.4 Å². The molecule has 7 nitrogen and oxygen atoms in total. The Kier molecular flexibility index (Phi) is 3.63. The summed E-state index contributed by atoms with van der Waals surface area (Å²) in [5, 5.41) is 9.99. The molecule has 3 aromatic rings. The van der Waals surface area contributed by atoms with Gasteiger partial charge in [0, 0.05) is 30.9 Å². The second-order valence-corrected chi connectivity index (χ2v) is 7.74. The Morgan fingerprint density at radius 1 is 1.25 bits per heavy atom. The van der Waals surface area contributed by atoms with E-state index in [1.807, 2.05) is 17.2 Å². The van der Waals surface area contributed by atoms with E-state index in [9.17, 15) is 4.79 Å². The maximum Gasteiger partial charge on any atom is 0.254 e. The summed E-state index contributed by atoms with van der Waals surface area (Å²) in [6.07, 6.45) is 5.47. The summed E-state index contributed by atoms with van der Waals surface area (Å²) < 4.78 is 0. The number of nitrogens with one attached hydrogen (secondary N) is 1. The Morgan fingerprint density at radius 2 is 2.04 bits per heavy atom. The van der Waals surface area contributed by atoms with Crippen molar-refractivity contribution in [3.63, 3.8) is 0 Å². The fourth-order valence-electron chi connectivity index (χ4n) is 4.20. The molecule has 1 atom stereocenters. The van der Waals surface area contributed by atoms with Crippen LogP contribution in [0.2, 0.25) is 0 Å². The van der Waals surface area contributed by atoms with Gasteiger partial charge in [0.1, 0.15) is 17.8 Å². The number of rotatable bonds is 2. The summed E-state index contributed by atoms with van der Waals surface area (Å²) in [6, 6.07) is 11.2. The lowest BCUT2D eigenvalue weighted by atomic mass is 10.0. The standard InChI is InChI=1S/C21H20N6O/c1-14-11-27(20(28)16-4-2-15(10-22)3-5-16)21(7-8-21)12-26(14)19-17-6-9-23-18(17)24-13-25-19/h2-6,9,13-14H,7-8,11-12H2,1H3,(H,23,24,25). The predicted octanol–water partition coefficient (Wildman–Crippen LogP) is 2.71. The molecule has 1 aromatic carbocycles. The van der Waals surface area contributed by atoms with Crippen molar-refractivity contribution in [2.45, 2.75) is 31.3 Å². The first-order valence-corrected chi connectivity index (χ1v) is 9.48. The maximum absolute atomic E-state index is 13.2. The highest BCUT2D eigenvalue weighted by Crippen LogP contribution is 2.47. The summed E-state index contributed by atoms with van der Waals surface area (Å²) in [7, 11) is 0. The van der Waals surface area contributed by atoms with Crippen LogP contribution in [0.5, 0.6) is 0 Å². The number of fused-ring (bicyclic) bond motifs is 1. The first-order chi connectivity index (χ1) is 13.6. The third-order valence-electron chi connectivity index (χ3n) is 5.95. The number of aromatic nitrogens is 3. The number of amides is 1. The molecule has 1 unspecified atom stereocenters. The van der Waals surface area contributed by atoms with Crippen LogP contribution in [0.15, 0.2) is 42.9 Å². The summed E-state index contributed by atoms with van der Waals surface area (Å²) >= 11 is 0. The molecular formula is C21H20N6O. The molecule has 5 rings (SSSR count). The predicted molar refractivity (Wildman–Crippen MR) is 105 cm³/mol. The van der Waals surface area contributed by atoms with Crippen molar-refractivity contribution in [1.82, 2.24) is 19.9 Å². The number of H-pyrrole nitrogens is 1. The zero-order valence-electron chi connectivity index (χ0n) is 15.6. The first kappa shape index (κ1) is 16.8. The highest BCUT2D eigenvalue weighted by Gasteiger charge is 2.55. The number of benzene rings is 1. The lowest BCUT2D eigenvalue weighted by Gasteiger charge is -2.46. The summed E-state index contributed by atoms with van der Waals surface area (Å²) in [4.78, 5) is 29.5. The number of piperazine rings is 1. The summed E-state index contributed by atoms with van der Waals surface area (Å²) in [6.45, 7) is 3.55. The largest absolute Gasteiger partial charge is 0.349 e. The number of hydrogen-bond donors (Lipinski definition) is 1. The van der Waals surface area contributed by atoms with E-state index in [1.165, 1.54) is 0 Å². The zero-order chi connectivity index (χ0) is 19.3. The minimum Gasteiger partial charge on any atom is -0.349 e. The van der Waals surface area contributed by atoms with Crippen LogP contribution in [0.25, 0.3) is 11.0 Å². The third-order valence-corrected chi connectivity index (χ3v) is 5.95. The molecule has 0 bridgehead atoms. The van der Waals surface area contributed by atoms with Crippen LogP contribution in [0.3, 0.4) is 0 Å². The van der Waals surface area contributed by atoms with Gasteiger partial charge in [0.2, 0.25) is 0 Å². The van der Waals surface area contributed by atoms with Crippen LogP contribution in [0, 0.1) is 11.3 Å². The molecule has 1 N–H and O–H groups in total. The Balaban J connectivity index is 1.45. The van der Waals surface area contributed by atoms with Gasteiger partial charge < -0.3 is 14.8 Å². The highest BCUT2D eigenvalue weighted by atomic mass is 16.2. The Morgan fingerprint density at radius 3 is 2.75 bits per heavy atom. The summed E-state index contributed by atoms with van der Waals surface area (Å²) in [5.74, 6) is 0.971. The lowest BCUT2D eigenvalue weighted by Crippen LogP contribution is -2.61. The number of nitriles is 1. The van der Waals surface area contributed by atoms with E-state index in [0.717, 1.165) is 36.2 Å². The van der Waals surface area contributed by atoms with Crippen LogP contribution < -0.4 is 4.90 Å². The van der Waals surface area contributed by atoms with Crippen LogP contribution in [-0.2, 0) is 0 Å². The molecule has 2 aliphatic rings. The van der Waals surface area contributed by atoms with Gasteiger partial charge in [-0.1, -0.05) is 0 Å². The van der Waals surface area contributed by atoms with Gasteiger partial charge in [0.15, 0.2) is 0 Å². The van der Waals surface area contributed by atoms with Gasteiger partial charge in [0.25, 0.3) is 5.91 Å². The lowest BCUT2D eigenvalue weighted by molar-refractivity contribution is 0.0588. The van der Waals surface area contributed by atoms with E-state index < -0.39 is 0 Å². The molecule has 2 fully saturated rings. The van der Waals surface area contributed by atoms with Gasteiger partial charge >= 0.3 is 0 Å². The molecule has 1 amide bonds. The number of carbonyl (C=O) groups excluding carboxylic acids is 1. The molecule has 7 heteroatoms. The smallest absolute Gasteiger partial charge is 0.254 e. The van der Waals surface area contributed by atoms with E-state index in [2.05, 4.69) is 32.8 Å². The topological polar surface area (TPSA) is 88.9 Å². The van der Waals surface area contributed by atoms with Crippen molar-refractivity contribution in [2.24, 2.45) is 0 Å². The number of nitrogens with zero attached hydrogens (tertiary/aromatic N) is 5. The molecule has 140 valence electrons. The minimum atomic E-state index is -0.134. The molecule has 2 aromatic heterocycles. The Hall–Kier alpha value is -3.40. The van der Waals surface area contributed by atoms with Crippen molar-refractivity contribution in [3.8, 4) is 6.07 Å². The van der Waals surface area contributed by atoms with Crippen LogP contribution >= 0.6 is 0 Å². The van der Waals surface area contributed by atoms with Crippen molar-refractivity contribution < 1.29 is 4.79 Å². The molecule has 1 aliphatic heterocycles. The van der Waals surface area contributed by atoms with Crippen molar-refractivity contribution >= 4 is 22.8 Å². The molecule has 1 aliphatic carbocycles. The van der Waals surface area contributed by atoms with Crippen molar-refractivity contribution in [3.05, 3.63) is 54.0 Å². The number of carbonyl (C=O) groups is 1. The number of aromatic amines is 1. The van der Waals surface area contributed by atoms with Gasteiger partial charge in [0.05, 0.1) is 22.6 Å². The fraction of sp³-hybridized carbons (Fsp3) is 0.333. The van der Waals surface area contributed by atoms with E-state index >= 15 is 0 Å². The minimum absolute atomic E-state index is 0.0444. The molecule has 28 heavy (non-hydrogen) atoms. The van der Waals surface area contributed by atoms with Gasteiger partial charge in [-0.25, -0.2) is 9.97 Å². The van der Waals surface area contributed by atoms with Gasteiger partial charge in [-0.05, 0) is 50.1 Å². The van der Waals surface area contributed by atoms with E-state index in [-0.39, 0.29) is 17.5 Å². The Bertz CT molecular complexity index is 1090. The quantitative estimate of drug-likeness (QED) is 0.747. The highest BCUT2D eigenvalue weighted by molar-refractivity contribution is 5.95. The first-order valence-electron chi connectivity index (χ1n) is 9.48. The number of hydrogen-bond acceptors (Lipinski definition) is 5. The normalized spacial score (nSPS) is 20.4. The van der Waals surface area contributed by atoms with Gasteiger partial charge in [-0.15, -0.1) is 0 Å². The monoisotopic (exact) mass is 372 g/mol. The number of anilines is 1. The van der Waals surface area contributed by atoms with E-state index in [4.69, 9.17) is 5.26 Å². The summed E-state index contributed by atoms with van der Waals surface area (Å²) in [5.41, 5.74) is 1.90. The Labute approximate surface area is 162 Å². The average Bonchev–Trinajstić information content (AvgIpc) is 3.32. The average molecular weight is 372 g/mol. The maximum atomic E-state index is 13.2. The fourth-order valence-corrected chi connectivity index (χ4v) is 4.20. The second kappa shape index (κ2) is 6.06. The molecular weight excluding hydrogens is 352 g/mol. The molecule has 3 heterocycles. The van der Waals surface area contributed by atoms with Crippen molar-refractivity contribution in [1.29, 1.82) is 5.26 Å². The SMILES string of the molecule is CC1CN(C(=O)c2ccc(C#N)cc2)C2(CC2)CN1c1ncnc2[nH]ccc12. The molecule has 1 saturated heterocycles. The van der Waals surface area contributed by atoms with Gasteiger partial charge in [-0.3, -0.25) is 4.79 Å². The third kappa shape index (κ3) is 2.53. The van der Waals surface area contributed by atoms with Crippen LogP contribution in [0.4, 0.5) is 5.82 Å². The molecule has 0 radical (unpaired) electrons. The second-order valence-electron chi connectivity index (χ2n) is 7.74. The van der Waals surface area contributed by atoms with E-state index in [1.54, 1.807) is 30.6 Å². The van der Waals surface area contributed by atoms with Crippen molar-refractivity contribution in [2.75, 3.05) is 18.0 Å².